The van der Waals surface area contributed by atoms with Gasteiger partial charge in [0.05, 0.1) is 22.3 Å². The number of aromatic carboxylic acids is 1. The summed E-state index contributed by atoms with van der Waals surface area (Å²) in [4.78, 5) is 25.6. The van der Waals surface area contributed by atoms with Crippen molar-refractivity contribution in [1.82, 2.24) is 4.57 Å². The van der Waals surface area contributed by atoms with Gasteiger partial charge in [-0.2, -0.15) is 0 Å². The maximum atomic E-state index is 15.7. The maximum Gasteiger partial charge on any atom is 0.341 e. The van der Waals surface area contributed by atoms with E-state index in [1.165, 1.54) is 4.90 Å². The second-order valence-electron chi connectivity index (χ2n) is 7.25. The van der Waals surface area contributed by atoms with Crippen molar-refractivity contribution < 1.29 is 27.5 Å². The Kier molecular flexibility index (Phi) is 4.85. The predicted octanol–water partition coefficient (Wildman–Crippen LogP) is 2.36. The second-order valence-corrected chi connectivity index (χ2v) is 7.25. The molecule has 0 aliphatic carbocycles. The number of aromatic nitrogens is 1. The Morgan fingerprint density at radius 2 is 1.87 bits per heavy atom. The summed E-state index contributed by atoms with van der Waals surface area (Å²) >= 11 is 0. The molecule has 1 aromatic heterocycles. The highest BCUT2D eigenvalue weighted by Crippen LogP contribution is 2.37. The summed E-state index contributed by atoms with van der Waals surface area (Å²) in [7, 11) is 0. The third-order valence-electron chi connectivity index (χ3n) is 5.28. The van der Waals surface area contributed by atoms with Crippen molar-refractivity contribution in [2.45, 2.75) is 12.5 Å². The van der Waals surface area contributed by atoms with Crippen molar-refractivity contribution in [3.8, 4) is 5.69 Å². The van der Waals surface area contributed by atoms with E-state index in [1.54, 1.807) is 0 Å². The molecule has 1 atom stereocenters. The van der Waals surface area contributed by atoms with Crippen LogP contribution >= 0.6 is 0 Å². The fourth-order valence-corrected chi connectivity index (χ4v) is 3.81. The van der Waals surface area contributed by atoms with Crippen molar-refractivity contribution in [2.24, 2.45) is 5.73 Å². The summed E-state index contributed by atoms with van der Waals surface area (Å²) in [5, 5.41) is 8.62. The maximum absolute atomic E-state index is 15.7. The van der Waals surface area contributed by atoms with Crippen LogP contribution in [0, 0.1) is 23.3 Å². The van der Waals surface area contributed by atoms with Crippen LogP contribution in [0.15, 0.2) is 29.2 Å². The van der Waals surface area contributed by atoms with Crippen LogP contribution in [-0.2, 0) is 0 Å². The third kappa shape index (κ3) is 3.17. The zero-order chi connectivity index (χ0) is 22.6. The van der Waals surface area contributed by atoms with E-state index < -0.39 is 68.2 Å². The second kappa shape index (κ2) is 7.27. The van der Waals surface area contributed by atoms with Crippen LogP contribution in [0.25, 0.3) is 16.6 Å². The molecule has 1 aliphatic heterocycles. The molecule has 7 nitrogen and oxygen atoms in total. The number of nitrogen functional groups attached to an aromatic ring is 1. The molecule has 162 valence electrons. The summed E-state index contributed by atoms with van der Waals surface area (Å²) in [6, 6.07) is 1.96. The van der Waals surface area contributed by atoms with E-state index >= 15 is 8.78 Å². The lowest BCUT2D eigenvalue weighted by molar-refractivity contribution is 0.0695. The molecule has 31 heavy (non-hydrogen) atoms. The van der Waals surface area contributed by atoms with Gasteiger partial charge in [0.15, 0.2) is 11.6 Å². The average molecular weight is 436 g/mol. The first-order valence-electron chi connectivity index (χ1n) is 9.16. The van der Waals surface area contributed by atoms with E-state index in [-0.39, 0.29) is 19.1 Å². The molecular weight excluding hydrogens is 420 g/mol. The molecule has 2 aromatic carbocycles. The van der Waals surface area contributed by atoms with Crippen LogP contribution in [0.1, 0.15) is 16.8 Å². The Morgan fingerprint density at radius 3 is 2.45 bits per heavy atom. The van der Waals surface area contributed by atoms with Crippen LogP contribution in [0.2, 0.25) is 0 Å². The summed E-state index contributed by atoms with van der Waals surface area (Å²) in [5.41, 5.74) is 7.08. The molecule has 4 rings (SSSR count). The van der Waals surface area contributed by atoms with E-state index in [4.69, 9.17) is 11.5 Å². The molecule has 1 aliphatic rings. The van der Waals surface area contributed by atoms with Gasteiger partial charge in [-0.15, -0.1) is 0 Å². The molecule has 11 heteroatoms. The van der Waals surface area contributed by atoms with Crippen molar-refractivity contribution >= 4 is 28.2 Å². The molecule has 1 saturated heterocycles. The number of rotatable bonds is 3. The van der Waals surface area contributed by atoms with Gasteiger partial charge < -0.3 is 26.0 Å². The molecule has 3 aromatic rings. The number of carboxylic acids is 1. The minimum Gasteiger partial charge on any atom is -0.477 e. The summed E-state index contributed by atoms with van der Waals surface area (Å²) in [5.74, 6) is -6.28. The zero-order valence-corrected chi connectivity index (χ0v) is 15.8. The lowest BCUT2D eigenvalue weighted by atomic mass is 10.1. The van der Waals surface area contributed by atoms with Crippen molar-refractivity contribution in [3.63, 3.8) is 0 Å². The van der Waals surface area contributed by atoms with Crippen molar-refractivity contribution in [1.29, 1.82) is 0 Å². The first-order chi connectivity index (χ1) is 14.6. The minimum absolute atomic E-state index is 0.112. The molecule has 2 heterocycles. The first-order valence-corrected chi connectivity index (χ1v) is 9.16. The molecule has 0 saturated carbocycles. The lowest BCUT2D eigenvalue weighted by Gasteiger charge is -2.23. The number of nitrogens with two attached hydrogens (primary N) is 2. The Bertz CT molecular complexity index is 1310. The van der Waals surface area contributed by atoms with Crippen LogP contribution in [0.3, 0.4) is 0 Å². The number of hydrogen-bond acceptors (Lipinski definition) is 5. The number of benzene rings is 2. The normalized spacial score (nSPS) is 16.3. The number of nitrogens with zero attached hydrogens (tertiary/aromatic N) is 2. The highest BCUT2D eigenvalue weighted by Gasteiger charge is 2.31. The quantitative estimate of drug-likeness (QED) is 0.429. The Hall–Kier alpha value is -3.60. The van der Waals surface area contributed by atoms with Crippen LogP contribution in [0.5, 0.6) is 0 Å². The van der Waals surface area contributed by atoms with Crippen LogP contribution in [-0.4, -0.2) is 34.8 Å². The molecule has 0 bridgehead atoms. The zero-order valence-electron chi connectivity index (χ0n) is 15.8. The standard InChI is InChI=1S/C20H16F4N4O3/c21-8-1-2-12(11(22)5-8)28-7-10(20(30)31)19(29)13-16(26)14(23)18(15(24)17(13)28)27-4-3-9(25)6-27/h1-2,5,7,9H,3-4,6,25-26H2,(H,30,31). The summed E-state index contributed by atoms with van der Waals surface area (Å²) in [6.45, 7) is 0.323. The van der Waals surface area contributed by atoms with Gasteiger partial charge in [-0.05, 0) is 18.6 Å². The van der Waals surface area contributed by atoms with Gasteiger partial charge in [-0.3, -0.25) is 4.79 Å². The Labute approximate surface area is 172 Å². The SMILES string of the molecule is Nc1c(F)c(N2CCC(N)C2)c(F)c2c1c(=O)c(C(=O)O)cn2-c1ccc(F)cc1F. The van der Waals surface area contributed by atoms with E-state index in [0.717, 1.165) is 16.7 Å². The first kappa shape index (κ1) is 20.7. The molecule has 0 spiro atoms. The lowest BCUT2D eigenvalue weighted by Crippen LogP contribution is -2.29. The highest BCUT2D eigenvalue weighted by atomic mass is 19.1. The van der Waals surface area contributed by atoms with Gasteiger partial charge in [0.25, 0.3) is 0 Å². The molecule has 1 unspecified atom stereocenters. The smallest absolute Gasteiger partial charge is 0.341 e. The molecule has 0 radical (unpaired) electrons. The fraction of sp³-hybridized carbons (Fsp3) is 0.200. The number of carbonyl (C=O) groups is 1. The predicted molar refractivity (Wildman–Crippen MR) is 106 cm³/mol. The van der Waals surface area contributed by atoms with E-state index in [9.17, 15) is 23.5 Å². The number of hydrogen-bond donors (Lipinski definition) is 3. The van der Waals surface area contributed by atoms with Crippen molar-refractivity contribution in [2.75, 3.05) is 23.7 Å². The number of pyridine rings is 1. The van der Waals surface area contributed by atoms with Crippen LogP contribution in [0.4, 0.5) is 28.9 Å². The third-order valence-corrected chi connectivity index (χ3v) is 5.28. The van der Waals surface area contributed by atoms with E-state index in [0.29, 0.717) is 18.7 Å². The molecule has 1 fully saturated rings. The minimum atomic E-state index is -1.71. The van der Waals surface area contributed by atoms with E-state index in [1.807, 2.05) is 0 Å². The molecule has 0 amide bonds. The van der Waals surface area contributed by atoms with Gasteiger partial charge in [0.2, 0.25) is 5.43 Å². The fourth-order valence-electron chi connectivity index (χ4n) is 3.81. The van der Waals surface area contributed by atoms with Crippen molar-refractivity contribution in [3.05, 3.63) is 63.5 Å². The summed E-state index contributed by atoms with van der Waals surface area (Å²) < 4.78 is 59.4. The van der Waals surface area contributed by atoms with E-state index in [2.05, 4.69) is 0 Å². The van der Waals surface area contributed by atoms with Gasteiger partial charge in [-0.1, -0.05) is 0 Å². The number of anilines is 2. The number of carboxylic acid groups (broad SMARTS) is 1. The number of fused-ring (bicyclic) bond motifs is 1. The topological polar surface area (TPSA) is 115 Å². The van der Waals surface area contributed by atoms with Crippen LogP contribution < -0.4 is 21.8 Å². The largest absolute Gasteiger partial charge is 0.477 e. The Balaban J connectivity index is 2.18. The highest BCUT2D eigenvalue weighted by molar-refractivity contribution is 6.00. The van der Waals surface area contributed by atoms with Gasteiger partial charge >= 0.3 is 5.97 Å². The van der Waals surface area contributed by atoms with Gasteiger partial charge in [-0.25, -0.2) is 22.4 Å². The summed E-state index contributed by atoms with van der Waals surface area (Å²) in [6.07, 6.45) is 1.15. The van der Waals surface area contributed by atoms with Gasteiger partial charge in [0.1, 0.15) is 22.9 Å². The van der Waals surface area contributed by atoms with Gasteiger partial charge in [0, 0.05) is 31.4 Å². The molecular formula is C20H16F4N4O3. The number of halogens is 4. The Morgan fingerprint density at radius 1 is 1.16 bits per heavy atom. The average Bonchev–Trinajstić information content (AvgIpc) is 3.12. The molecule has 5 N–H and O–H groups in total. The monoisotopic (exact) mass is 436 g/mol.